The summed E-state index contributed by atoms with van der Waals surface area (Å²) in [5.74, 6) is -1.21. The molecule has 0 unspecified atom stereocenters. The number of aromatic nitrogens is 1. The SMILES string of the molecule is CSc1ccc(C(=O)c2cc(C(=O)O)n(C)c2)cc1. The number of hydrogen-bond donors (Lipinski definition) is 1. The maximum absolute atomic E-state index is 12.2. The molecule has 98 valence electrons. The molecule has 2 rings (SSSR count). The molecule has 0 bridgehead atoms. The molecule has 1 aromatic heterocycles. The van der Waals surface area contributed by atoms with Gasteiger partial charge in [0.15, 0.2) is 5.78 Å². The molecule has 0 atom stereocenters. The Kier molecular flexibility index (Phi) is 3.76. The van der Waals surface area contributed by atoms with Crippen molar-refractivity contribution in [1.29, 1.82) is 0 Å². The van der Waals surface area contributed by atoms with Crippen molar-refractivity contribution < 1.29 is 14.7 Å². The molecular formula is C14H13NO3S. The predicted octanol–water partition coefficient (Wildman–Crippen LogP) is 2.68. The summed E-state index contributed by atoms with van der Waals surface area (Å²) in [4.78, 5) is 24.2. The molecule has 1 N–H and O–H groups in total. The second-order valence-electron chi connectivity index (χ2n) is 4.09. The highest BCUT2D eigenvalue weighted by Gasteiger charge is 2.16. The van der Waals surface area contributed by atoms with E-state index in [1.165, 1.54) is 16.8 Å². The Morgan fingerprint density at radius 2 is 1.79 bits per heavy atom. The van der Waals surface area contributed by atoms with Crippen LogP contribution in [0.3, 0.4) is 0 Å². The molecule has 0 saturated heterocycles. The molecule has 4 nitrogen and oxygen atoms in total. The Morgan fingerprint density at radius 1 is 1.16 bits per heavy atom. The van der Waals surface area contributed by atoms with Crippen LogP contribution in [-0.4, -0.2) is 27.7 Å². The van der Waals surface area contributed by atoms with Gasteiger partial charge in [-0.1, -0.05) is 0 Å². The van der Waals surface area contributed by atoms with Crippen molar-refractivity contribution in [2.45, 2.75) is 4.90 Å². The Labute approximate surface area is 115 Å². The first-order valence-corrected chi connectivity index (χ1v) is 6.84. The quantitative estimate of drug-likeness (QED) is 0.688. The maximum Gasteiger partial charge on any atom is 0.352 e. The van der Waals surface area contributed by atoms with Gasteiger partial charge in [0.05, 0.1) is 0 Å². The number of rotatable bonds is 4. The van der Waals surface area contributed by atoms with E-state index in [4.69, 9.17) is 5.11 Å². The van der Waals surface area contributed by atoms with Crippen molar-refractivity contribution >= 4 is 23.5 Å². The highest BCUT2D eigenvalue weighted by molar-refractivity contribution is 7.98. The van der Waals surface area contributed by atoms with Crippen molar-refractivity contribution in [3.8, 4) is 0 Å². The van der Waals surface area contributed by atoms with E-state index in [1.54, 1.807) is 30.9 Å². The van der Waals surface area contributed by atoms with Crippen LogP contribution in [0.4, 0.5) is 0 Å². The average Bonchev–Trinajstić information content (AvgIpc) is 2.80. The monoisotopic (exact) mass is 275 g/mol. The topological polar surface area (TPSA) is 59.3 Å². The Hall–Kier alpha value is -2.01. The molecule has 2 aromatic rings. The highest BCUT2D eigenvalue weighted by Crippen LogP contribution is 2.18. The first-order chi connectivity index (χ1) is 9.02. The number of hydrogen-bond acceptors (Lipinski definition) is 3. The predicted molar refractivity (Wildman–Crippen MR) is 74.0 cm³/mol. The highest BCUT2D eigenvalue weighted by atomic mass is 32.2. The minimum Gasteiger partial charge on any atom is -0.477 e. The summed E-state index contributed by atoms with van der Waals surface area (Å²) in [5, 5.41) is 8.96. The number of nitrogens with zero attached hydrogens (tertiary/aromatic N) is 1. The van der Waals surface area contributed by atoms with Crippen molar-refractivity contribution in [2.75, 3.05) is 6.26 Å². The maximum atomic E-state index is 12.2. The lowest BCUT2D eigenvalue weighted by Crippen LogP contribution is -2.02. The van der Waals surface area contributed by atoms with Crippen LogP contribution in [0.5, 0.6) is 0 Å². The van der Waals surface area contributed by atoms with E-state index in [1.807, 2.05) is 18.4 Å². The van der Waals surface area contributed by atoms with Gasteiger partial charge in [0, 0.05) is 29.3 Å². The van der Waals surface area contributed by atoms with E-state index < -0.39 is 5.97 Å². The number of aromatic carboxylic acids is 1. The zero-order valence-corrected chi connectivity index (χ0v) is 11.4. The Balaban J connectivity index is 2.33. The summed E-state index contributed by atoms with van der Waals surface area (Å²) in [6, 6.07) is 8.65. The zero-order chi connectivity index (χ0) is 14.0. The number of carboxylic acid groups (broad SMARTS) is 1. The number of carbonyl (C=O) groups excluding carboxylic acids is 1. The van der Waals surface area contributed by atoms with Gasteiger partial charge in [-0.2, -0.15) is 0 Å². The molecule has 5 heteroatoms. The summed E-state index contributed by atoms with van der Waals surface area (Å²) < 4.78 is 1.44. The molecule has 0 saturated carbocycles. The Morgan fingerprint density at radius 3 is 2.26 bits per heavy atom. The van der Waals surface area contributed by atoms with Gasteiger partial charge in [0.1, 0.15) is 5.69 Å². The third-order valence-electron chi connectivity index (χ3n) is 2.84. The van der Waals surface area contributed by atoms with Gasteiger partial charge in [-0.3, -0.25) is 4.79 Å². The number of carboxylic acids is 1. The smallest absolute Gasteiger partial charge is 0.352 e. The van der Waals surface area contributed by atoms with Gasteiger partial charge >= 0.3 is 5.97 Å². The standard InChI is InChI=1S/C14H13NO3S/c1-15-8-10(7-12(15)14(17)18)13(16)9-3-5-11(19-2)6-4-9/h3-8H,1-2H3,(H,17,18). The summed E-state index contributed by atoms with van der Waals surface area (Å²) >= 11 is 1.60. The molecule has 0 radical (unpaired) electrons. The number of aryl methyl sites for hydroxylation is 1. The van der Waals surface area contributed by atoms with E-state index in [-0.39, 0.29) is 11.5 Å². The van der Waals surface area contributed by atoms with Gasteiger partial charge in [-0.05, 0) is 36.6 Å². The van der Waals surface area contributed by atoms with Crippen LogP contribution in [0, 0.1) is 0 Å². The second-order valence-corrected chi connectivity index (χ2v) is 4.97. The molecule has 0 spiro atoms. The first-order valence-electron chi connectivity index (χ1n) is 5.61. The van der Waals surface area contributed by atoms with Crippen molar-refractivity contribution in [2.24, 2.45) is 7.05 Å². The van der Waals surface area contributed by atoms with Crippen LogP contribution in [0.1, 0.15) is 26.4 Å². The van der Waals surface area contributed by atoms with Crippen LogP contribution >= 0.6 is 11.8 Å². The lowest BCUT2D eigenvalue weighted by molar-refractivity contribution is 0.0686. The third-order valence-corrected chi connectivity index (χ3v) is 3.58. The van der Waals surface area contributed by atoms with Crippen molar-refractivity contribution in [3.05, 3.63) is 53.3 Å². The minimum absolute atomic E-state index is 0.101. The first kappa shape index (κ1) is 13.4. The molecule has 0 aliphatic heterocycles. The van der Waals surface area contributed by atoms with E-state index in [9.17, 15) is 9.59 Å². The second kappa shape index (κ2) is 5.32. The number of ketones is 1. The summed E-state index contributed by atoms with van der Waals surface area (Å²) in [6.45, 7) is 0. The van der Waals surface area contributed by atoms with E-state index in [0.29, 0.717) is 11.1 Å². The number of benzene rings is 1. The molecule has 0 aliphatic rings. The van der Waals surface area contributed by atoms with Crippen molar-refractivity contribution in [1.82, 2.24) is 4.57 Å². The van der Waals surface area contributed by atoms with Gasteiger partial charge in [-0.25, -0.2) is 4.79 Å². The van der Waals surface area contributed by atoms with Gasteiger partial charge in [0.2, 0.25) is 0 Å². The Bertz CT molecular complexity index is 629. The average molecular weight is 275 g/mol. The van der Waals surface area contributed by atoms with Crippen LogP contribution in [0.2, 0.25) is 0 Å². The van der Waals surface area contributed by atoms with Crippen LogP contribution in [-0.2, 0) is 7.05 Å². The fourth-order valence-electron chi connectivity index (χ4n) is 1.81. The number of thioether (sulfide) groups is 1. The van der Waals surface area contributed by atoms with Crippen LogP contribution in [0.25, 0.3) is 0 Å². The lowest BCUT2D eigenvalue weighted by Gasteiger charge is -2.00. The molecule has 1 aromatic carbocycles. The lowest BCUT2D eigenvalue weighted by atomic mass is 10.1. The molecule has 19 heavy (non-hydrogen) atoms. The van der Waals surface area contributed by atoms with E-state index in [0.717, 1.165) is 4.90 Å². The van der Waals surface area contributed by atoms with Crippen LogP contribution < -0.4 is 0 Å². The summed E-state index contributed by atoms with van der Waals surface area (Å²) in [7, 11) is 1.61. The number of carbonyl (C=O) groups is 2. The summed E-state index contributed by atoms with van der Waals surface area (Å²) in [5.41, 5.74) is 1.04. The van der Waals surface area contributed by atoms with Gasteiger partial charge in [-0.15, -0.1) is 11.8 Å². The fraction of sp³-hybridized carbons (Fsp3) is 0.143. The molecule has 0 fully saturated rings. The van der Waals surface area contributed by atoms with E-state index >= 15 is 0 Å². The molecule has 0 amide bonds. The largest absolute Gasteiger partial charge is 0.477 e. The third kappa shape index (κ3) is 2.71. The van der Waals surface area contributed by atoms with Crippen molar-refractivity contribution in [3.63, 3.8) is 0 Å². The fourth-order valence-corrected chi connectivity index (χ4v) is 2.22. The van der Waals surface area contributed by atoms with E-state index in [2.05, 4.69) is 0 Å². The zero-order valence-electron chi connectivity index (χ0n) is 10.6. The van der Waals surface area contributed by atoms with Crippen LogP contribution in [0.15, 0.2) is 41.4 Å². The van der Waals surface area contributed by atoms with Gasteiger partial charge in [0.25, 0.3) is 0 Å². The molecule has 0 aliphatic carbocycles. The molecule has 1 heterocycles. The normalized spacial score (nSPS) is 10.4. The molecular weight excluding hydrogens is 262 g/mol. The summed E-state index contributed by atoms with van der Waals surface area (Å²) in [6.07, 6.45) is 3.50. The minimum atomic E-state index is -1.04. The van der Waals surface area contributed by atoms with Gasteiger partial charge < -0.3 is 9.67 Å².